The normalized spacial score (nSPS) is 13.0. The van der Waals surface area contributed by atoms with Gasteiger partial charge < -0.3 is 0 Å². The van der Waals surface area contributed by atoms with Gasteiger partial charge in [-0.15, -0.1) is 0 Å². The summed E-state index contributed by atoms with van der Waals surface area (Å²) in [6.45, 7) is 4.88. The largest absolute Gasteiger partial charge is 0.417 e. The Hall–Kier alpha value is -2.47. The Morgan fingerprint density at radius 3 is 2.52 bits per heavy atom. The molecule has 2 rings (SSSR count). The molecule has 0 aliphatic heterocycles. The first kappa shape index (κ1) is 18.9. The Bertz CT molecular complexity index is 854. The molecule has 0 unspecified atom stereocenters. The third-order valence-electron chi connectivity index (χ3n) is 3.29. The van der Waals surface area contributed by atoms with E-state index in [0.29, 0.717) is 0 Å². The van der Waals surface area contributed by atoms with E-state index >= 15 is 0 Å². The van der Waals surface area contributed by atoms with Crippen LogP contribution in [0, 0.1) is 0 Å². The Balaban J connectivity index is 2.63. The second-order valence-electron chi connectivity index (χ2n) is 5.01. The number of benzene rings is 1. The molecule has 7 heteroatoms. The molecule has 0 N–H and O–H groups in total. The summed E-state index contributed by atoms with van der Waals surface area (Å²) in [5.74, 6) is -0.833. The molecule has 1 aromatic heterocycles. The van der Waals surface area contributed by atoms with Crippen molar-refractivity contribution >= 4 is 17.2 Å². The Labute approximate surface area is 147 Å². The topological polar surface area (TPSA) is 25.8 Å². The van der Waals surface area contributed by atoms with Crippen LogP contribution in [0.15, 0.2) is 61.0 Å². The number of nitrogens with zero attached hydrogens (tertiary/aromatic N) is 2. The standard InChI is InChI=1S/C18H13ClF4N2/c1-3-4-9-14(20)11(2)15-10-16(19)25-17(24-15)12-7-5-6-8-13(12)18(21,22)23/h3-10H,1H2,2H3/b9-4-,14-11-. The first-order valence-electron chi connectivity index (χ1n) is 7.11. The van der Waals surface area contributed by atoms with Gasteiger partial charge in [-0.05, 0) is 19.1 Å². The molecule has 0 fully saturated rings. The van der Waals surface area contributed by atoms with E-state index in [1.165, 1.54) is 49.4 Å². The molecule has 2 nitrogen and oxygen atoms in total. The van der Waals surface area contributed by atoms with Gasteiger partial charge in [0.15, 0.2) is 5.82 Å². The monoisotopic (exact) mass is 368 g/mol. The molecule has 1 heterocycles. The summed E-state index contributed by atoms with van der Waals surface area (Å²) in [4.78, 5) is 7.91. The van der Waals surface area contributed by atoms with Gasteiger partial charge >= 0.3 is 6.18 Å². The van der Waals surface area contributed by atoms with Gasteiger partial charge in [0.1, 0.15) is 11.0 Å². The van der Waals surface area contributed by atoms with Crippen LogP contribution < -0.4 is 0 Å². The molecule has 0 aliphatic carbocycles. The van der Waals surface area contributed by atoms with Crippen molar-refractivity contribution in [3.63, 3.8) is 0 Å². The van der Waals surface area contributed by atoms with Gasteiger partial charge in [-0.25, -0.2) is 14.4 Å². The maximum atomic E-state index is 14.1. The highest BCUT2D eigenvalue weighted by atomic mass is 35.5. The zero-order chi connectivity index (χ0) is 18.6. The highest BCUT2D eigenvalue weighted by molar-refractivity contribution is 6.29. The van der Waals surface area contributed by atoms with Crippen LogP contribution in [-0.2, 0) is 6.18 Å². The van der Waals surface area contributed by atoms with E-state index in [4.69, 9.17) is 11.6 Å². The second-order valence-corrected chi connectivity index (χ2v) is 5.40. The minimum absolute atomic E-state index is 0.0863. The predicted octanol–water partition coefficient (Wildman–Crippen LogP) is 6.26. The van der Waals surface area contributed by atoms with Gasteiger partial charge in [-0.2, -0.15) is 13.2 Å². The van der Waals surface area contributed by atoms with Crippen molar-refractivity contribution in [2.45, 2.75) is 13.1 Å². The molecular weight excluding hydrogens is 356 g/mol. The summed E-state index contributed by atoms with van der Waals surface area (Å²) in [7, 11) is 0. The van der Waals surface area contributed by atoms with Gasteiger partial charge in [-0.3, -0.25) is 0 Å². The molecule has 0 bridgehead atoms. The number of hydrogen-bond donors (Lipinski definition) is 0. The fourth-order valence-electron chi connectivity index (χ4n) is 2.06. The van der Waals surface area contributed by atoms with E-state index in [0.717, 1.165) is 6.07 Å². The van der Waals surface area contributed by atoms with Crippen molar-refractivity contribution in [2.75, 3.05) is 0 Å². The first-order chi connectivity index (χ1) is 11.7. The third kappa shape index (κ3) is 4.54. The van der Waals surface area contributed by atoms with Crippen molar-refractivity contribution in [1.29, 1.82) is 0 Å². The van der Waals surface area contributed by atoms with Gasteiger partial charge in [0.2, 0.25) is 0 Å². The Morgan fingerprint density at radius 2 is 1.88 bits per heavy atom. The van der Waals surface area contributed by atoms with Crippen molar-refractivity contribution in [3.8, 4) is 11.4 Å². The molecule has 0 aliphatic rings. The van der Waals surface area contributed by atoms with E-state index in [2.05, 4.69) is 16.5 Å². The highest BCUT2D eigenvalue weighted by Crippen LogP contribution is 2.36. The van der Waals surface area contributed by atoms with E-state index in [1.807, 2.05) is 0 Å². The van der Waals surface area contributed by atoms with Gasteiger partial charge in [0.05, 0.1) is 11.3 Å². The predicted molar refractivity (Wildman–Crippen MR) is 90.5 cm³/mol. The van der Waals surface area contributed by atoms with Crippen LogP contribution in [0.3, 0.4) is 0 Å². The lowest BCUT2D eigenvalue weighted by molar-refractivity contribution is -0.137. The lowest BCUT2D eigenvalue weighted by atomic mass is 10.1. The lowest BCUT2D eigenvalue weighted by Crippen LogP contribution is -2.08. The molecule has 0 saturated carbocycles. The summed E-state index contributed by atoms with van der Waals surface area (Å²) in [5, 5.41) is -0.0863. The number of hydrogen-bond acceptors (Lipinski definition) is 2. The van der Waals surface area contributed by atoms with E-state index in [1.54, 1.807) is 0 Å². The van der Waals surface area contributed by atoms with Crippen LogP contribution in [0.1, 0.15) is 18.2 Å². The molecule has 0 saturated heterocycles. The van der Waals surface area contributed by atoms with Crippen molar-refractivity contribution in [2.24, 2.45) is 0 Å². The van der Waals surface area contributed by atoms with Crippen LogP contribution in [0.5, 0.6) is 0 Å². The fourth-order valence-corrected chi connectivity index (χ4v) is 2.24. The molecule has 2 aromatic rings. The number of allylic oxidation sites excluding steroid dienone is 5. The van der Waals surface area contributed by atoms with Crippen molar-refractivity contribution < 1.29 is 17.6 Å². The second kappa shape index (κ2) is 7.61. The van der Waals surface area contributed by atoms with Crippen molar-refractivity contribution in [3.05, 3.63) is 77.4 Å². The van der Waals surface area contributed by atoms with E-state index < -0.39 is 17.6 Å². The average Bonchev–Trinajstić information content (AvgIpc) is 2.57. The fraction of sp³-hybridized carbons (Fsp3) is 0.111. The summed E-state index contributed by atoms with van der Waals surface area (Å²) in [6, 6.07) is 6.16. The minimum atomic E-state index is -4.58. The van der Waals surface area contributed by atoms with Crippen LogP contribution in [-0.4, -0.2) is 9.97 Å². The number of alkyl halides is 3. The lowest BCUT2D eigenvalue weighted by Gasteiger charge is -2.12. The van der Waals surface area contributed by atoms with Gasteiger partial charge in [0.25, 0.3) is 0 Å². The minimum Gasteiger partial charge on any atom is -0.228 e. The maximum absolute atomic E-state index is 14.1. The highest BCUT2D eigenvalue weighted by Gasteiger charge is 2.34. The SMILES string of the molecule is C=C/C=C\C(F)=C(/C)c1cc(Cl)nc(-c2ccccc2C(F)(F)F)n1. The van der Waals surface area contributed by atoms with Crippen molar-refractivity contribution in [1.82, 2.24) is 9.97 Å². The number of halogens is 5. The average molecular weight is 369 g/mol. The molecule has 130 valence electrons. The quantitative estimate of drug-likeness (QED) is 0.361. The van der Waals surface area contributed by atoms with Crippen LogP contribution in [0.4, 0.5) is 17.6 Å². The molecule has 0 spiro atoms. The third-order valence-corrected chi connectivity index (χ3v) is 3.48. The van der Waals surface area contributed by atoms with Gasteiger partial charge in [0, 0.05) is 17.2 Å². The van der Waals surface area contributed by atoms with E-state index in [9.17, 15) is 17.6 Å². The maximum Gasteiger partial charge on any atom is 0.417 e. The number of aromatic nitrogens is 2. The zero-order valence-electron chi connectivity index (χ0n) is 13.1. The Morgan fingerprint density at radius 1 is 1.20 bits per heavy atom. The molecule has 0 radical (unpaired) electrons. The zero-order valence-corrected chi connectivity index (χ0v) is 13.9. The Kier molecular flexibility index (Phi) is 5.74. The van der Waals surface area contributed by atoms with Crippen LogP contribution in [0.2, 0.25) is 5.15 Å². The summed E-state index contributed by atoms with van der Waals surface area (Å²) < 4.78 is 53.6. The smallest absolute Gasteiger partial charge is 0.228 e. The molecule has 25 heavy (non-hydrogen) atoms. The molecule has 0 amide bonds. The van der Waals surface area contributed by atoms with Gasteiger partial charge in [-0.1, -0.05) is 48.5 Å². The molecular formula is C18H13ClF4N2. The molecule has 0 atom stereocenters. The number of rotatable bonds is 4. The summed E-state index contributed by atoms with van der Waals surface area (Å²) >= 11 is 5.91. The first-order valence-corrected chi connectivity index (χ1v) is 7.49. The molecule has 1 aromatic carbocycles. The summed E-state index contributed by atoms with van der Waals surface area (Å²) in [6.07, 6.45) is -0.626. The van der Waals surface area contributed by atoms with Crippen LogP contribution >= 0.6 is 11.6 Å². The van der Waals surface area contributed by atoms with Crippen LogP contribution in [0.25, 0.3) is 17.0 Å². The summed E-state index contributed by atoms with van der Waals surface area (Å²) in [5.41, 5.74) is -0.906. The van der Waals surface area contributed by atoms with E-state index in [-0.39, 0.29) is 27.8 Å².